The van der Waals surface area contributed by atoms with E-state index < -0.39 is 5.54 Å². The van der Waals surface area contributed by atoms with Crippen LogP contribution in [0.15, 0.2) is 0 Å². The number of rotatable bonds is 5. The largest absolute Gasteiger partial charge is 0.368 e. The van der Waals surface area contributed by atoms with E-state index in [9.17, 15) is 4.79 Å². The summed E-state index contributed by atoms with van der Waals surface area (Å²) in [4.78, 5) is 11.4. The Hall–Kier alpha value is -1.36. The zero-order valence-electron chi connectivity index (χ0n) is 11.3. The van der Waals surface area contributed by atoms with Gasteiger partial charge < -0.3 is 11.1 Å². The van der Waals surface area contributed by atoms with Crippen molar-refractivity contribution >= 4 is 5.91 Å². The molecule has 0 spiro atoms. The molecular weight excluding hydrogens is 216 g/mol. The van der Waals surface area contributed by atoms with Crippen molar-refractivity contribution in [1.82, 2.24) is 15.1 Å². The average Bonchev–Trinajstić information content (AvgIpc) is 2.53. The fourth-order valence-electron chi connectivity index (χ4n) is 1.98. The number of hydrogen-bond donors (Lipinski definition) is 2. The molecule has 0 aliphatic heterocycles. The van der Waals surface area contributed by atoms with Gasteiger partial charge in [0.05, 0.1) is 12.2 Å². The molecule has 0 aromatic carbocycles. The van der Waals surface area contributed by atoms with Crippen LogP contribution in [0.1, 0.15) is 30.8 Å². The second-order valence-electron chi connectivity index (χ2n) is 4.61. The summed E-state index contributed by atoms with van der Waals surface area (Å²) in [5.41, 5.74) is 8.01. The van der Waals surface area contributed by atoms with Crippen LogP contribution in [0.2, 0.25) is 0 Å². The Morgan fingerprint density at radius 3 is 2.47 bits per heavy atom. The van der Waals surface area contributed by atoms with Gasteiger partial charge in [-0.05, 0) is 39.8 Å². The summed E-state index contributed by atoms with van der Waals surface area (Å²) in [6.07, 6.45) is 0.949. The first kappa shape index (κ1) is 13.7. The molecule has 1 heterocycles. The first-order chi connectivity index (χ1) is 7.85. The summed E-state index contributed by atoms with van der Waals surface area (Å²) in [5, 5.41) is 7.43. The number of nitrogens with one attached hydrogen (secondary N) is 1. The zero-order valence-corrected chi connectivity index (χ0v) is 11.3. The number of aryl methyl sites for hydroxylation is 1. The van der Waals surface area contributed by atoms with Crippen molar-refractivity contribution in [2.45, 2.75) is 46.2 Å². The molecule has 1 atom stereocenters. The molecule has 0 saturated carbocycles. The number of likely N-dealkylation sites (N-methyl/N-ethyl adjacent to an activating group) is 1. The van der Waals surface area contributed by atoms with Crippen LogP contribution >= 0.6 is 0 Å². The normalized spacial score (nSPS) is 14.6. The van der Waals surface area contributed by atoms with E-state index in [-0.39, 0.29) is 5.91 Å². The predicted octanol–water partition coefficient (Wildman–Crippen LogP) is 0.526. The van der Waals surface area contributed by atoms with Crippen LogP contribution in [0, 0.1) is 13.8 Å². The molecule has 0 fully saturated rings. The average molecular weight is 238 g/mol. The van der Waals surface area contributed by atoms with Gasteiger partial charge in [-0.2, -0.15) is 5.10 Å². The molecule has 5 nitrogen and oxygen atoms in total. The van der Waals surface area contributed by atoms with Gasteiger partial charge in [0.15, 0.2) is 0 Å². The number of nitrogens with zero attached hydrogens (tertiary/aromatic N) is 2. The van der Waals surface area contributed by atoms with E-state index in [1.54, 1.807) is 14.0 Å². The van der Waals surface area contributed by atoms with Gasteiger partial charge >= 0.3 is 0 Å². The monoisotopic (exact) mass is 238 g/mol. The molecule has 0 bridgehead atoms. The molecule has 5 heteroatoms. The van der Waals surface area contributed by atoms with Gasteiger partial charge in [-0.1, -0.05) is 6.92 Å². The van der Waals surface area contributed by atoms with Crippen molar-refractivity contribution in [3.05, 3.63) is 17.0 Å². The molecule has 17 heavy (non-hydrogen) atoms. The number of carbonyl (C=O) groups is 1. The Kier molecular flexibility index (Phi) is 3.93. The van der Waals surface area contributed by atoms with E-state index in [0.29, 0.717) is 6.54 Å². The van der Waals surface area contributed by atoms with Gasteiger partial charge in [0.2, 0.25) is 5.91 Å². The third kappa shape index (κ3) is 2.49. The highest BCUT2D eigenvalue weighted by Crippen LogP contribution is 2.16. The molecule has 1 amide bonds. The van der Waals surface area contributed by atoms with Crippen molar-refractivity contribution < 1.29 is 4.79 Å². The third-order valence-electron chi connectivity index (χ3n) is 3.45. The van der Waals surface area contributed by atoms with Gasteiger partial charge in [-0.15, -0.1) is 0 Å². The number of aromatic nitrogens is 2. The van der Waals surface area contributed by atoms with E-state index in [1.165, 1.54) is 5.56 Å². The Morgan fingerprint density at radius 1 is 1.53 bits per heavy atom. The van der Waals surface area contributed by atoms with Gasteiger partial charge in [0.1, 0.15) is 5.54 Å². The summed E-state index contributed by atoms with van der Waals surface area (Å²) in [6, 6.07) is 0. The van der Waals surface area contributed by atoms with Crippen LogP contribution in [0.5, 0.6) is 0 Å². The van der Waals surface area contributed by atoms with Gasteiger partial charge in [0.25, 0.3) is 0 Å². The molecule has 1 aromatic heterocycles. The molecule has 96 valence electrons. The Balaban J connectivity index is 3.07. The molecule has 0 saturated heterocycles. The minimum atomic E-state index is -0.770. The number of amides is 1. The van der Waals surface area contributed by atoms with Crippen molar-refractivity contribution in [3.8, 4) is 0 Å². The Labute approximate surface area is 102 Å². The highest BCUT2D eigenvalue weighted by atomic mass is 16.1. The lowest BCUT2D eigenvalue weighted by Gasteiger charge is -2.25. The maximum atomic E-state index is 11.4. The van der Waals surface area contributed by atoms with Crippen LogP contribution in [-0.4, -0.2) is 28.3 Å². The van der Waals surface area contributed by atoms with Crippen LogP contribution in [0.4, 0.5) is 0 Å². The Morgan fingerprint density at radius 2 is 2.12 bits per heavy atom. The molecule has 3 N–H and O–H groups in total. The summed E-state index contributed by atoms with van der Waals surface area (Å²) in [5.74, 6) is -0.370. The lowest BCUT2D eigenvalue weighted by molar-refractivity contribution is -0.124. The summed E-state index contributed by atoms with van der Waals surface area (Å²) in [6.45, 7) is 8.36. The van der Waals surface area contributed by atoms with E-state index in [4.69, 9.17) is 5.73 Å². The van der Waals surface area contributed by atoms with Crippen LogP contribution < -0.4 is 11.1 Å². The van der Waals surface area contributed by atoms with Crippen molar-refractivity contribution in [3.63, 3.8) is 0 Å². The van der Waals surface area contributed by atoms with E-state index in [2.05, 4.69) is 17.3 Å². The number of carbonyl (C=O) groups excluding carboxylic acids is 1. The van der Waals surface area contributed by atoms with Crippen LogP contribution in [0.3, 0.4) is 0 Å². The second-order valence-corrected chi connectivity index (χ2v) is 4.61. The molecule has 0 radical (unpaired) electrons. The molecule has 1 aromatic rings. The quantitative estimate of drug-likeness (QED) is 0.785. The zero-order chi connectivity index (χ0) is 13.2. The van der Waals surface area contributed by atoms with Gasteiger partial charge in [-0.3, -0.25) is 9.48 Å². The number of hydrogen-bond acceptors (Lipinski definition) is 3. The summed E-state index contributed by atoms with van der Waals surface area (Å²) in [7, 11) is 1.73. The SMILES string of the molecule is CCc1c(C)nn(CC(C)(NC)C(N)=O)c1C. The third-order valence-corrected chi connectivity index (χ3v) is 3.45. The second kappa shape index (κ2) is 4.87. The van der Waals surface area contributed by atoms with Gasteiger partial charge in [-0.25, -0.2) is 0 Å². The maximum Gasteiger partial charge on any atom is 0.239 e. The molecular formula is C12H22N4O. The topological polar surface area (TPSA) is 72.9 Å². The molecule has 0 aliphatic carbocycles. The first-order valence-electron chi connectivity index (χ1n) is 5.87. The first-order valence-corrected chi connectivity index (χ1v) is 5.87. The van der Waals surface area contributed by atoms with Crippen molar-refractivity contribution in [2.24, 2.45) is 5.73 Å². The minimum Gasteiger partial charge on any atom is -0.368 e. The lowest BCUT2D eigenvalue weighted by atomic mass is 10.0. The predicted molar refractivity (Wildman–Crippen MR) is 67.7 cm³/mol. The maximum absolute atomic E-state index is 11.4. The standard InChI is InChI=1S/C12H22N4O/c1-6-10-8(2)15-16(9(10)3)7-12(4,14-5)11(13)17/h14H,6-7H2,1-5H3,(H2,13,17). The van der Waals surface area contributed by atoms with E-state index >= 15 is 0 Å². The minimum absolute atomic E-state index is 0.370. The van der Waals surface area contributed by atoms with Crippen molar-refractivity contribution in [2.75, 3.05) is 7.05 Å². The fourth-order valence-corrected chi connectivity index (χ4v) is 1.98. The molecule has 1 unspecified atom stereocenters. The van der Waals surface area contributed by atoms with Crippen molar-refractivity contribution in [1.29, 1.82) is 0 Å². The molecule has 0 aliphatic rings. The number of nitrogens with two attached hydrogens (primary N) is 1. The molecule has 1 rings (SSSR count). The summed E-state index contributed by atoms with van der Waals surface area (Å²) < 4.78 is 1.86. The lowest BCUT2D eigenvalue weighted by Crippen LogP contribution is -2.54. The van der Waals surface area contributed by atoms with Crippen LogP contribution in [-0.2, 0) is 17.8 Å². The number of primary amides is 1. The van der Waals surface area contributed by atoms with E-state index in [1.807, 2.05) is 18.5 Å². The van der Waals surface area contributed by atoms with Crippen LogP contribution in [0.25, 0.3) is 0 Å². The smallest absolute Gasteiger partial charge is 0.239 e. The van der Waals surface area contributed by atoms with E-state index in [0.717, 1.165) is 17.8 Å². The summed E-state index contributed by atoms with van der Waals surface area (Å²) >= 11 is 0. The highest BCUT2D eigenvalue weighted by molar-refractivity contribution is 5.84. The van der Waals surface area contributed by atoms with Gasteiger partial charge in [0, 0.05) is 5.69 Å². The fraction of sp³-hybridized carbons (Fsp3) is 0.667. The Bertz CT molecular complexity index is 424. The highest BCUT2D eigenvalue weighted by Gasteiger charge is 2.30.